The summed E-state index contributed by atoms with van der Waals surface area (Å²) in [5.74, 6) is 0. The topological polar surface area (TPSA) is 3.24 Å². The first kappa shape index (κ1) is 29.0. The van der Waals surface area contributed by atoms with E-state index in [4.69, 9.17) is 0 Å². The van der Waals surface area contributed by atoms with Crippen LogP contribution in [0.5, 0.6) is 0 Å². The summed E-state index contributed by atoms with van der Waals surface area (Å²) < 4.78 is 0. The Kier molecular flexibility index (Phi) is 6.40. The monoisotopic (exact) mass is 653 g/mol. The van der Waals surface area contributed by atoms with Crippen LogP contribution in [0.4, 0.5) is 17.1 Å². The number of rotatable bonds is 5. The Labute approximate surface area is 294 Å². The van der Waals surface area contributed by atoms with Crippen LogP contribution in [0.3, 0.4) is 0 Å². The van der Waals surface area contributed by atoms with E-state index in [0.29, 0.717) is 0 Å². The van der Waals surface area contributed by atoms with E-state index in [1.807, 2.05) is 0 Å². The molecule has 0 amide bonds. The molecule has 0 fully saturated rings. The molecule has 0 atom stereocenters. The van der Waals surface area contributed by atoms with Gasteiger partial charge in [0.1, 0.15) is 8.07 Å². The van der Waals surface area contributed by atoms with Crippen molar-refractivity contribution in [1.29, 1.82) is 0 Å². The molecule has 1 heterocycles. The highest BCUT2D eigenvalue weighted by molar-refractivity contribution is 7.05. The second kappa shape index (κ2) is 11.0. The van der Waals surface area contributed by atoms with Crippen molar-refractivity contribution in [2.75, 3.05) is 4.90 Å². The summed E-state index contributed by atoms with van der Waals surface area (Å²) >= 11 is 0. The van der Waals surface area contributed by atoms with Gasteiger partial charge in [-0.15, -0.1) is 0 Å². The highest BCUT2D eigenvalue weighted by atomic mass is 28.3. The number of fused-ring (bicyclic) bond motifs is 7. The molecule has 0 spiro atoms. The molecule has 1 nitrogen and oxygen atoms in total. The smallest absolute Gasteiger partial charge is 0.114 e. The second-order valence-electron chi connectivity index (χ2n) is 14.1. The van der Waals surface area contributed by atoms with Crippen LogP contribution in [0.2, 0.25) is 13.1 Å². The molecule has 2 aliphatic rings. The largest absolute Gasteiger partial charge is 0.311 e. The Hall–Kier alpha value is -5.96. The molecule has 1 aliphatic heterocycles. The van der Waals surface area contributed by atoms with E-state index >= 15 is 0 Å². The Bertz CT molecular complexity index is 2500. The van der Waals surface area contributed by atoms with Crippen LogP contribution < -0.4 is 15.3 Å². The minimum Gasteiger partial charge on any atom is -0.311 e. The summed E-state index contributed by atoms with van der Waals surface area (Å²) in [6, 6.07) is 65.0. The predicted octanol–water partition coefficient (Wildman–Crippen LogP) is 12.1. The molecule has 0 aromatic heterocycles. The maximum absolute atomic E-state index is 2.55. The van der Waals surface area contributed by atoms with Gasteiger partial charge in [-0.25, -0.2) is 0 Å². The van der Waals surface area contributed by atoms with Gasteiger partial charge < -0.3 is 4.90 Å². The summed E-state index contributed by atoms with van der Waals surface area (Å²) in [5, 5.41) is 5.95. The summed E-state index contributed by atoms with van der Waals surface area (Å²) in [4.78, 5) is 2.43. The lowest BCUT2D eigenvalue weighted by Gasteiger charge is -2.28. The molecule has 236 valence electrons. The lowest BCUT2D eigenvalue weighted by molar-refractivity contribution is 1.29. The summed E-state index contributed by atoms with van der Waals surface area (Å²) in [6.07, 6.45) is 0. The first-order valence-electron chi connectivity index (χ1n) is 17.5. The van der Waals surface area contributed by atoms with E-state index in [9.17, 15) is 0 Å². The maximum atomic E-state index is 2.55. The molecule has 8 aromatic rings. The van der Waals surface area contributed by atoms with Crippen molar-refractivity contribution in [2.24, 2.45) is 0 Å². The Morgan fingerprint density at radius 1 is 0.360 bits per heavy atom. The average Bonchev–Trinajstić information content (AvgIpc) is 3.62. The zero-order valence-electron chi connectivity index (χ0n) is 28.2. The van der Waals surface area contributed by atoms with Gasteiger partial charge in [-0.05, 0) is 119 Å². The highest BCUT2D eigenvalue weighted by Crippen LogP contribution is 2.50. The second-order valence-corrected chi connectivity index (χ2v) is 18.4. The molecule has 2 heteroatoms. The first-order chi connectivity index (χ1) is 24.6. The summed E-state index contributed by atoms with van der Waals surface area (Å²) in [6.45, 7) is 5.10. The van der Waals surface area contributed by atoms with Crippen LogP contribution in [0.1, 0.15) is 0 Å². The third kappa shape index (κ3) is 4.32. The van der Waals surface area contributed by atoms with Crippen LogP contribution in [-0.2, 0) is 0 Å². The van der Waals surface area contributed by atoms with E-state index < -0.39 is 8.07 Å². The number of benzene rings is 8. The molecule has 8 aromatic carbocycles. The third-order valence-electron chi connectivity index (χ3n) is 11.0. The minimum atomic E-state index is -2.08. The van der Waals surface area contributed by atoms with E-state index in [0.717, 1.165) is 11.4 Å². The van der Waals surface area contributed by atoms with E-state index in [1.165, 1.54) is 77.3 Å². The lowest BCUT2D eigenvalue weighted by Crippen LogP contribution is -2.49. The van der Waals surface area contributed by atoms with E-state index in [1.54, 1.807) is 5.19 Å². The van der Waals surface area contributed by atoms with Crippen molar-refractivity contribution >= 4 is 46.3 Å². The molecule has 0 saturated heterocycles. The molecular formula is C48H35NSi. The number of hydrogen-bond donors (Lipinski definition) is 0. The van der Waals surface area contributed by atoms with Gasteiger partial charge in [0.15, 0.2) is 0 Å². The van der Waals surface area contributed by atoms with Crippen molar-refractivity contribution in [3.8, 4) is 55.6 Å². The van der Waals surface area contributed by atoms with Gasteiger partial charge >= 0.3 is 0 Å². The molecule has 0 bridgehead atoms. The molecule has 10 rings (SSSR count). The van der Waals surface area contributed by atoms with Crippen molar-refractivity contribution in [1.82, 2.24) is 0 Å². The molecule has 0 saturated carbocycles. The van der Waals surface area contributed by atoms with Crippen LogP contribution in [0.25, 0.3) is 66.4 Å². The lowest BCUT2D eigenvalue weighted by atomic mass is 9.96. The van der Waals surface area contributed by atoms with E-state index in [-0.39, 0.29) is 0 Å². The van der Waals surface area contributed by atoms with Crippen molar-refractivity contribution in [2.45, 2.75) is 13.1 Å². The molecule has 0 radical (unpaired) electrons. The molecule has 0 unspecified atom stereocenters. The third-order valence-corrected chi connectivity index (χ3v) is 14.5. The molecular weight excluding hydrogens is 619 g/mol. The van der Waals surface area contributed by atoms with Gasteiger partial charge in [0.05, 0.1) is 0 Å². The van der Waals surface area contributed by atoms with Gasteiger partial charge in [0.2, 0.25) is 0 Å². The fourth-order valence-electron chi connectivity index (χ4n) is 8.63. The van der Waals surface area contributed by atoms with Gasteiger partial charge in [-0.3, -0.25) is 0 Å². The number of anilines is 3. The maximum Gasteiger partial charge on any atom is 0.114 e. The Morgan fingerprint density at radius 3 is 1.46 bits per heavy atom. The summed E-state index contributed by atoms with van der Waals surface area (Å²) in [5.41, 5.74) is 16.7. The fraction of sp³-hybridized carbons (Fsp3) is 0.0417. The number of nitrogens with zero attached hydrogens (tertiary/aromatic N) is 1. The predicted molar refractivity (Wildman–Crippen MR) is 216 cm³/mol. The first-order valence-corrected chi connectivity index (χ1v) is 20.5. The zero-order chi connectivity index (χ0) is 33.4. The Morgan fingerprint density at radius 2 is 0.860 bits per heavy atom. The zero-order valence-corrected chi connectivity index (χ0v) is 29.2. The van der Waals surface area contributed by atoms with Crippen molar-refractivity contribution in [3.05, 3.63) is 176 Å². The molecule has 50 heavy (non-hydrogen) atoms. The van der Waals surface area contributed by atoms with Gasteiger partial charge in [-0.2, -0.15) is 0 Å². The van der Waals surface area contributed by atoms with Crippen molar-refractivity contribution in [3.63, 3.8) is 0 Å². The highest BCUT2D eigenvalue weighted by Gasteiger charge is 2.41. The average molecular weight is 654 g/mol. The normalized spacial score (nSPS) is 13.2. The minimum absolute atomic E-state index is 1.15. The van der Waals surface area contributed by atoms with Crippen LogP contribution in [0.15, 0.2) is 176 Å². The van der Waals surface area contributed by atoms with Gasteiger partial charge in [-0.1, -0.05) is 147 Å². The number of hydrogen-bond acceptors (Lipinski definition) is 1. The summed E-state index contributed by atoms with van der Waals surface area (Å²) in [7, 11) is -2.08. The molecule has 1 aliphatic carbocycles. The van der Waals surface area contributed by atoms with E-state index in [2.05, 4.69) is 194 Å². The standard InChI is InChI=1S/C48H35NSi/c1-50(2)46-30-38(28-29-41(46)45-31-44-40-17-10-9-16-39(40)42-18-11-19-43(47(42)44)48(45)50)49(36-24-20-34(21-25-36)32-12-5-3-6-13-32)37-26-22-35(23-27-37)33-14-7-4-8-15-33/h3-31H,1-2H3. The van der Waals surface area contributed by atoms with Crippen molar-refractivity contribution < 1.29 is 0 Å². The van der Waals surface area contributed by atoms with Crippen LogP contribution >= 0.6 is 0 Å². The quantitative estimate of drug-likeness (QED) is 0.167. The van der Waals surface area contributed by atoms with Crippen LogP contribution in [0, 0.1) is 0 Å². The van der Waals surface area contributed by atoms with Gasteiger partial charge in [0.25, 0.3) is 0 Å². The SMILES string of the molecule is C[Si]1(C)c2cc(N(c3ccc(-c4ccccc4)cc3)c3ccc(-c4ccccc4)cc3)ccc2-c2cc3c4c(cccc4c21)-c1ccccc1-3. The van der Waals surface area contributed by atoms with Gasteiger partial charge in [0, 0.05) is 17.1 Å². The van der Waals surface area contributed by atoms with Crippen LogP contribution in [-0.4, -0.2) is 8.07 Å². The Balaban J connectivity index is 1.12. The molecule has 0 N–H and O–H groups in total. The fourth-order valence-corrected chi connectivity index (χ4v) is 12.1.